The number of ether oxygens (including phenoxy) is 1. The van der Waals surface area contributed by atoms with E-state index >= 15 is 0 Å². The number of likely N-dealkylation sites (tertiary alicyclic amines) is 1. The number of hydrogen-bond acceptors (Lipinski definition) is 4. The normalized spacial score (nSPS) is 17.1. The van der Waals surface area contributed by atoms with Crippen LogP contribution in [0.25, 0.3) is 21.9 Å². The molecule has 4 aromatic carbocycles. The standard InChI is InChI=1S/C30H31NO3.ClH/c1-31-18-4-5-23(19-31)20-8-10-22(11-9-20)30(34-2)29-25(21-12-14-24(32)15-13-21)16-17-26-27(29)6-3-7-28(26)33;/h3,6-17,23,30,32-33H,4-5,18-19H2,1-2H3;1H. The Bertz CT molecular complexity index is 1290. The molecular weight excluding hydrogens is 458 g/mol. The first-order valence-electron chi connectivity index (χ1n) is 11.9. The number of piperidine rings is 1. The summed E-state index contributed by atoms with van der Waals surface area (Å²) in [7, 11) is 3.93. The fraction of sp³-hybridized carbons (Fsp3) is 0.267. The number of halogens is 1. The monoisotopic (exact) mass is 489 g/mol. The molecule has 0 radical (unpaired) electrons. The molecule has 2 atom stereocenters. The largest absolute Gasteiger partial charge is 0.508 e. The van der Waals surface area contributed by atoms with Crippen LogP contribution in [0.2, 0.25) is 0 Å². The lowest BCUT2D eigenvalue weighted by atomic mass is 9.86. The van der Waals surface area contributed by atoms with Crippen LogP contribution in [0.15, 0.2) is 78.9 Å². The Hall–Kier alpha value is -3.05. The first kappa shape index (κ1) is 25.1. The summed E-state index contributed by atoms with van der Waals surface area (Å²) < 4.78 is 6.12. The van der Waals surface area contributed by atoms with E-state index in [1.807, 2.05) is 36.4 Å². The lowest BCUT2D eigenvalue weighted by molar-refractivity contribution is 0.138. The fourth-order valence-electron chi connectivity index (χ4n) is 5.34. The van der Waals surface area contributed by atoms with Crippen LogP contribution in [0, 0.1) is 0 Å². The number of nitrogens with zero attached hydrogens (tertiary/aromatic N) is 1. The van der Waals surface area contributed by atoms with Crippen molar-refractivity contribution in [1.82, 2.24) is 4.90 Å². The second-order valence-corrected chi connectivity index (χ2v) is 9.33. The van der Waals surface area contributed by atoms with Crippen LogP contribution in [0.4, 0.5) is 0 Å². The molecule has 0 amide bonds. The SMILES string of the molecule is COC(c1ccc(C2CCCN(C)C2)cc1)c1c(-c2ccc(O)cc2)ccc2c(O)cccc12.Cl. The minimum Gasteiger partial charge on any atom is -0.508 e. The van der Waals surface area contributed by atoms with Crippen molar-refractivity contribution < 1.29 is 14.9 Å². The molecule has 0 aromatic heterocycles. The maximum atomic E-state index is 10.5. The number of hydrogen-bond donors (Lipinski definition) is 2. The summed E-state index contributed by atoms with van der Waals surface area (Å²) in [5.74, 6) is 1.05. The molecule has 1 aliphatic heterocycles. The Morgan fingerprint density at radius 3 is 2.31 bits per heavy atom. The van der Waals surface area contributed by atoms with Crippen molar-refractivity contribution in [2.45, 2.75) is 24.9 Å². The Kier molecular flexibility index (Phi) is 7.66. The average Bonchev–Trinajstić information content (AvgIpc) is 2.86. The molecule has 182 valence electrons. The maximum Gasteiger partial charge on any atom is 0.123 e. The van der Waals surface area contributed by atoms with Gasteiger partial charge >= 0.3 is 0 Å². The van der Waals surface area contributed by atoms with Crippen LogP contribution >= 0.6 is 12.4 Å². The van der Waals surface area contributed by atoms with E-state index in [0.717, 1.165) is 39.6 Å². The molecule has 5 heteroatoms. The average molecular weight is 490 g/mol. The van der Waals surface area contributed by atoms with Crippen LogP contribution in [-0.4, -0.2) is 42.4 Å². The second-order valence-electron chi connectivity index (χ2n) is 9.33. The molecule has 4 aromatic rings. The van der Waals surface area contributed by atoms with E-state index in [9.17, 15) is 10.2 Å². The van der Waals surface area contributed by atoms with E-state index in [1.165, 1.54) is 24.9 Å². The summed E-state index contributed by atoms with van der Waals surface area (Å²) in [4.78, 5) is 2.41. The first-order valence-corrected chi connectivity index (χ1v) is 11.9. The molecule has 1 saturated heterocycles. The Balaban J connectivity index is 0.00000289. The lowest BCUT2D eigenvalue weighted by Crippen LogP contribution is -2.30. The minimum absolute atomic E-state index is 0. The van der Waals surface area contributed by atoms with E-state index < -0.39 is 0 Å². The van der Waals surface area contributed by atoms with Crippen molar-refractivity contribution in [2.75, 3.05) is 27.2 Å². The van der Waals surface area contributed by atoms with Gasteiger partial charge in [-0.25, -0.2) is 0 Å². The molecule has 0 saturated carbocycles. The third kappa shape index (κ3) is 5.01. The van der Waals surface area contributed by atoms with Gasteiger partial charge in [-0.1, -0.05) is 60.7 Å². The Morgan fingerprint density at radius 2 is 1.63 bits per heavy atom. The number of aromatic hydroxyl groups is 2. The number of benzene rings is 4. The molecule has 0 spiro atoms. The third-order valence-electron chi connectivity index (χ3n) is 7.09. The van der Waals surface area contributed by atoms with Gasteiger partial charge in [0.1, 0.15) is 17.6 Å². The molecule has 2 N–H and O–H groups in total. The second kappa shape index (κ2) is 10.7. The van der Waals surface area contributed by atoms with Gasteiger partial charge < -0.3 is 19.8 Å². The van der Waals surface area contributed by atoms with Crippen LogP contribution < -0.4 is 0 Å². The number of methoxy groups -OCH3 is 1. The predicted octanol–water partition coefficient (Wildman–Crippen LogP) is 6.88. The smallest absolute Gasteiger partial charge is 0.123 e. The number of phenols is 2. The number of fused-ring (bicyclic) bond motifs is 1. The molecule has 1 fully saturated rings. The summed E-state index contributed by atoms with van der Waals surface area (Å²) in [5, 5.41) is 22.1. The molecule has 1 aliphatic rings. The fourth-order valence-corrected chi connectivity index (χ4v) is 5.34. The summed E-state index contributed by atoms with van der Waals surface area (Å²) in [6.45, 7) is 2.27. The van der Waals surface area contributed by atoms with Crippen molar-refractivity contribution in [3.63, 3.8) is 0 Å². The van der Waals surface area contributed by atoms with Crippen LogP contribution in [0.5, 0.6) is 11.5 Å². The molecular formula is C30H32ClNO3. The molecule has 35 heavy (non-hydrogen) atoms. The molecule has 0 aliphatic carbocycles. The maximum absolute atomic E-state index is 10.5. The van der Waals surface area contributed by atoms with Crippen molar-refractivity contribution >= 4 is 23.2 Å². The highest BCUT2D eigenvalue weighted by Crippen LogP contribution is 2.41. The molecule has 5 rings (SSSR count). The molecule has 4 nitrogen and oxygen atoms in total. The van der Waals surface area contributed by atoms with Crippen molar-refractivity contribution in [1.29, 1.82) is 0 Å². The highest BCUT2D eigenvalue weighted by molar-refractivity contribution is 5.96. The zero-order valence-corrected chi connectivity index (χ0v) is 21.0. The van der Waals surface area contributed by atoms with Gasteiger partial charge in [0.15, 0.2) is 0 Å². The van der Waals surface area contributed by atoms with Crippen molar-refractivity contribution in [3.05, 3.63) is 95.6 Å². The number of phenolic OH excluding ortho intramolecular Hbond substituents is 2. The topological polar surface area (TPSA) is 52.9 Å². The van der Waals surface area contributed by atoms with E-state index in [1.54, 1.807) is 25.3 Å². The van der Waals surface area contributed by atoms with Gasteiger partial charge in [-0.15, -0.1) is 12.4 Å². The zero-order chi connectivity index (χ0) is 23.7. The molecule has 0 bridgehead atoms. The van der Waals surface area contributed by atoms with Crippen LogP contribution in [0.1, 0.15) is 41.6 Å². The Morgan fingerprint density at radius 1 is 0.886 bits per heavy atom. The summed E-state index contributed by atoms with van der Waals surface area (Å²) in [6.07, 6.45) is 2.15. The summed E-state index contributed by atoms with van der Waals surface area (Å²) in [5.41, 5.74) is 5.46. The Labute approximate surface area is 213 Å². The highest BCUT2D eigenvalue weighted by Gasteiger charge is 2.23. The van der Waals surface area contributed by atoms with E-state index in [-0.39, 0.29) is 30.0 Å². The molecule has 1 heterocycles. The third-order valence-corrected chi connectivity index (χ3v) is 7.09. The van der Waals surface area contributed by atoms with Gasteiger partial charge in [0, 0.05) is 24.6 Å². The van der Waals surface area contributed by atoms with Crippen molar-refractivity contribution in [2.24, 2.45) is 0 Å². The number of likely N-dealkylation sites (N-methyl/N-ethyl adjacent to an activating group) is 1. The van der Waals surface area contributed by atoms with E-state index in [4.69, 9.17) is 4.74 Å². The number of rotatable bonds is 5. The van der Waals surface area contributed by atoms with Gasteiger partial charge in [0.25, 0.3) is 0 Å². The minimum atomic E-state index is -0.308. The van der Waals surface area contributed by atoms with Gasteiger partial charge in [-0.05, 0) is 78.2 Å². The zero-order valence-electron chi connectivity index (χ0n) is 20.1. The summed E-state index contributed by atoms with van der Waals surface area (Å²) in [6, 6.07) is 25.7. The predicted molar refractivity (Wildman–Crippen MR) is 145 cm³/mol. The van der Waals surface area contributed by atoms with Gasteiger partial charge in [-0.3, -0.25) is 0 Å². The van der Waals surface area contributed by atoms with Crippen LogP contribution in [0.3, 0.4) is 0 Å². The quantitative estimate of drug-likeness (QED) is 0.320. The molecule has 2 unspecified atom stereocenters. The van der Waals surface area contributed by atoms with Crippen LogP contribution in [-0.2, 0) is 4.74 Å². The van der Waals surface area contributed by atoms with Crippen molar-refractivity contribution in [3.8, 4) is 22.6 Å². The highest BCUT2D eigenvalue weighted by atomic mass is 35.5. The lowest BCUT2D eigenvalue weighted by Gasteiger charge is -2.30. The van der Waals surface area contributed by atoms with Gasteiger partial charge in [-0.2, -0.15) is 0 Å². The van der Waals surface area contributed by atoms with Gasteiger partial charge in [0.05, 0.1) is 0 Å². The van der Waals surface area contributed by atoms with E-state index in [0.29, 0.717) is 5.92 Å². The van der Waals surface area contributed by atoms with Gasteiger partial charge in [0.2, 0.25) is 0 Å². The first-order chi connectivity index (χ1) is 16.5. The summed E-state index contributed by atoms with van der Waals surface area (Å²) >= 11 is 0. The van der Waals surface area contributed by atoms with E-state index in [2.05, 4.69) is 36.2 Å².